The number of hydrogen-bond donors (Lipinski definition) is 2. The van der Waals surface area contributed by atoms with E-state index in [1.54, 1.807) is 32.9 Å². The fraction of sp³-hybridized carbons (Fsp3) is 0.364. The van der Waals surface area contributed by atoms with Gasteiger partial charge in [-0.25, -0.2) is 4.57 Å². The fourth-order valence-corrected chi connectivity index (χ4v) is 4.05. The molecular weight excluding hydrogens is 567 g/mol. The number of hydrogen-bond acceptors (Lipinski definition) is 7. The molecule has 0 bridgehead atoms. The molecule has 194 valence electrons. The van der Waals surface area contributed by atoms with Crippen molar-refractivity contribution >= 4 is 46.2 Å². The van der Waals surface area contributed by atoms with Crippen LogP contribution in [0.25, 0.3) is 10.9 Å². The van der Waals surface area contributed by atoms with Gasteiger partial charge < -0.3 is 14.5 Å². The smallest absolute Gasteiger partial charge is 0.469 e. The number of methoxy groups -OCH3 is 1. The third kappa shape index (κ3) is 6.04. The van der Waals surface area contributed by atoms with Crippen molar-refractivity contribution in [1.29, 1.82) is 0 Å². The summed E-state index contributed by atoms with van der Waals surface area (Å²) in [6.07, 6.45) is 0.901. The summed E-state index contributed by atoms with van der Waals surface area (Å²) in [5.41, 5.74) is -1.22. The van der Waals surface area contributed by atoms with Crippen molar-refractivity contribution in [3.05, 3.63) is 51.9 Å². The lowest BCUT2D eigenvalue weighted by Crippen LogP contribution is -2.25. The van der Waals surface area contributed by atoms with Crippen molar-refractivity contribution in [2.45, 2.75) is 33.2 Å². The number of aromatic nitrogens is 3. The third-order valence-electron chi connectivity index (χ3n) is 5.19. The van der Waals surface area contributed by atoms with Crippen LogP contribution in [0.4, 0.5) is 8.78 Å². The Bertz CT molecular complexity index is 1360. The average Bonchev–Trinajstić information content (AvgIpc) is 3.17. The van der Waals surface area contributed by atoms with Crippen LogP contribution in [0.1, 0.15) is 42.5 Å². The van der Waals surface area contributed by atoms with Gasteiger partial charge in [-0.05, 0) is 40.2 Å². The second-order valence-electron chi connectivity index (χ2n) is 8.88. The Kier molecular flexibility index (Phi) is 7.83. The van der Waals surface area contributed by atoms with E-state index in [0.717, 1.165) is 18.3 Å². The zero-order chi connectivity index (χ0) is 27.1. The fourth-order valence-electron chi connectivity index (χ4n) is 3.19. The van der Waals surface area contributed by atoms with Gasteiger partial charge in [0.25, 0.3) is 0 Å². The molecule has 14 heteroatoms. The molecule has 0 spiro atoms. The molecule has 36 heavy (non-hydrogen) atoms. The first-order valence-electron chi connectivity index (χ1n) is 10.4. The number of ether oxygens (including phenoxy) is 1. The molecule has 0 amide bonds. The number of Topliss-reactive ketones (excluding diaryl/α,β-unsaturated/α-hetero) is 1. The maximum atomic E-state index is 14.2. The van der Waals surface area contributed by atoms with Crippen LogP contribution < -0.4 is 4.74 Å². The van der Waals surface area contributed by atoms with E-state index in [1.165, 1.54) is 11.8 Å². The number of phosphoric acid groups is 1. The molecule has 0 saturated carbocycles. The average molecular weight is 590 g/mol. The highest BCUT2D eigenvalue weighted by Crippen LogP contribution is 2.40. The van der Waals surface area contributed by atoms with Gasteiger partial charge in [-0.1, -0.05) is 20.8 Å². The van der Waals surface area contributed by atoms with Crippen LogP contribution in [-0.2, 0) is 26.4 Å². The van der Waals surface area contributed by atoms with Crippen LogP contribution in [0.3, 0.4) is 0 Å². The molecule has 2 heterocycles. The van der Waals surface area contributed by atoms with Crippen LogP contribution >= 0.6 is 23.8 Å². The highest BCUT2D eigenvalue weighted by atomic mass is 79.9. The summed E-state index contributed by atoms with van der Waals surface area (Å²) < 4.78 is 50.5. The van der Waals surface area contributed by atoms with E-state index in [9.17, 15) is 22.9 Å². The van der Waals surface area contributed by atoms with Crippen LogP contribution in [0.5, 0.6) is 5.75 Å². The van der Waals surface area contributed by atoms with E-state index < -0.39 is 37.2 Å². The molecule has 0 aliphatic carbocycles. The Hall–Kier alpha value is -2.57. The number of ketones is 2. The van der Waals surface area contributed by atoms with Crippen molar-refractivity contribution < 1.29 is 42.0 Å². The largest absolute Gasteiger partial charge is 0.496 e. The first-order chi connectivity index (χ1) is 16.5. The lowest BCUT2D eigenvalue weighted by atomic mass is 9.91. The lowest BCUT2D eigenvalue weighted by molar-refractivity contribution is -0.127. The quantitative estimate of drug-likeness (QED) is 0.277. The number of fused-ring (bicyclic) bond motifs is 1. The number of carbonyl (C=O) groups is 2. The number of carbonyl (C=O) groups excluding carboxylic acids is 2. The minimum atomic E-state index is -5.11. The summed E-state index contributed by atoms with van der Waals surface area (Å²) in [4.78, 5) is 47.0. The zero-order valence-electron chi connectivity index (χ0n) is 19.7. The minimum Gasteiger partial charge on any atom is -0.496 e. The van der Waals surface area contributed by atoms with Gasteiger partial charge in [-0.3, -0.25) is 23.8 Å². The van der Waals surface area contributed by atoms with E-state index in [4.69, 9.17) is 14.5 Å². The van der Waals surface area contributed by atoms with Crippen LogP contribution in [0.2, 0.25) is 0 Å². The van der Waals surface area contributed by atoms with Gasteiger partial charge in [0.15, 0.2) is 5.78 Å². The number of phosphoric ester groups is 1. The van der Waals surface area contributed by atoms with Crippen LogP contribution in [-0.4, -0.2) is 49.8 Å². The number of rotatable bonds is 9. The van der Waals surface area contributed by atoms with Crippen molar-refractivity contribution in [2.75, 3.05) is 13.7 Å². The van der Waals surface area contributed by atoms with Gasteiger partial charge >= 0.3 is 13.7 Å². The van der Waals surface area contributed by atoms with Gasteiger partial charge in [-0.2, -0.15) is 13.9 Å². The van der Waals surface area contributed by atoms with Crippen molar-refractivity contribution in [3.8, 4) is 5.75 Å². The highest BCUT2D eigenvalue weighted by molar-refractivity contribution is 9.10. The molecule has 0 radical (unpaired) electrons. The highest BCUT2D eigenvalue weighted by Gasteiger charge is 2.37. The Balaban J connectivity index is 2.04. The van der Waals surface area contributed by atoms with Gasteiger partial charge in [0.2, 0.25) is 5.78 Å². The first-order valence-corrected chi connectivity index (χ1v) is 12.7. The molecular formula is C22H23BrF2N3O7P. The van der Waals surface area contributed by atoms with Crippen molar-refractivity contribution in [1.82, 2.24) is 14.8 Å². The Morgan fingerprint density at radius 2 is 1.83 bits per heavy atom. The maximum Gasteiger partial charge on any atom is 0.469 e. The molecule has 0 unspecified atom stereocenters. The minimum absolute atomic E-state index is 0.0731. The number of nitrogens with zero attached hydrogens (tertiary/aromatic N) is 3. The third-order valence-corrected chi connectivity index (χ3v) is 6.29. The summed E-state index contributed by atoms with van der Waals surface area (Å²) >= 11 is 3.43. The number of benzene rings is 1. The molecule has 1 aromatic carbocycles. The second kappa shape index (κ2) is 10.1. The lowest BCUT2D eigenvalue weighted by Gasteiger charge is -2.17. The normalized spacial score (nSPS) is 12.7. The van der Waals surface area contributed by atoms with E-state index >= 15 is 0 Å². The molecule has 0 aliphatic rings. The van der Waals surface area contributed by atoms with E-state index in [2.05, 4.69) is 30.5 Å². The van der Waals surface area contributed by atoms with Crippen molar-refractivity contribution in [3.63, 3.8) is 0 Å². The molecule has 0 fully saturated rings. The van der Waals surface area contributed by atoms with E-state index in [1.807, 2.05) is 0 Å². The predicted molar refractivity (Wildman–Crippen MR) is 128 cm³/mol. The second-order valence-corrected chi connectivity index (χ2v) is 11.0. The SMILES string of the molecule is COc1ccc(Br)c2c1c(C(=O)c1ccc(C(F)(F)COP(=O)(O)O)nc1)nn2CC(=O)C(C)(C)C. The number of halogens is 3. The van der Waals surface area contributed by atoms with E-state index in [-0.39, 0.29) is 23.6 Å². The summed E-state index contributed by atoms with van der Waals surface area (Å²) in [7, 11) is -3.70. The molecule has 3 rings (SSSR count). The first kappa shape index (κ1) is 28.0. The topological polar surface area (TPSA) is 141 Å². The molecule has 0 atom stereocenters. The van der Waals surface area contributed by atoms with Crippen LogP contribution in [0, 0.1) is 5.41 Å². The van der Waals surface area contributed by atoms with E-state index in [0.29, 0.717) is 21.1 Å². The van der Waals surface area contributed by atoms with Gasteiger partial charge in [0.1, 0.15) is 30.3 Å². The summed E-state index contributed by atoms with van der Waals surface area (Å²) in [5, 5.41) is 4.69. The standard InChI is InChI=1S/C22H23BrF2N3O7P/c1-21(2,3)16(29)10-28-19-13(23)6-7-14(34-4)17(19)18(27-28)20(30)12-5-8-15(26-9-12)22(24,25)11-35-36(31,32)33/h5-9H,10-11H2,1-4H3,(H2,31,32,33). The predicted octanol–water partition coefficient (Wildman–Crippen LogP) is 4.25. The molecule has 0 saturated heterocycles. The monoisotopic (exact) mass is 589 g/mol. The molecule has 10 nitrogen and oxygen atoms in total. The maximum absolute atomic E-state index is 14.2. The molecule has 3 aromatic rings. The Labute approximate surface area is 213 Å². The van der Waals surface area contributed by atoms with Gasteiger partial charge in [-0.15, -0.1) is 0 Å². The van der Waals surface area contributed by atoms with Crippen LogP contribution in [0.15, 0.2) is 34.9 Å². The molecule has 0 aliphatic heterocycles. The van der Waals surface area contributed by atoms with Gasteiger partial charge in [0.05, 0.1) is 18.0 Å². The zero-order valence-corrected chi connectivity index (χ0v) is 22.1. The van der Waals surface area contributed by atoms with Crippen molar-refractivity contribution in [2.24, 2.45) is 5.41 Å². The molecule has 2 N–H and O–H groups in total. The summed E-state index contributed by atoms with van der Waals surface area (Å²) in [6.45, 7) is 3.56. The summed E-state index contributed by atoms with van der Waals surface area (Å²) in [5.74, 6) is -4.30. The Morgan fingerprint density at radius 1 is 1.17 bits per heavy atom. The number of alkyl halides is 2. The number of pyridine rings is 1. The molecule has 2 aromatic heterocycles. The Morgan fingerprint density at radius 3 is 2.36 bits per heavy atom. The van der Waals surface area contributed by atoms with Gasteiger partial charge in [0, 0.05) is 21.6 Å². The summed E-state index contributed by atoms with van der Waals surface area (Å²) in [6, 6.07) is 5.24.